The average Bonchev–Trinajstić information content (AvgIpc) is 2.98. The first-order chi connectivity index (χ1) is 10.2. The van der Waals surface area contributed by atoms with Crippen LogP contribution in [0.15, 0.2) is 36.9 Å². The molecule has 1 N–H and O–H groups in total. The number of benzene rings is 1. The van der Waals surface area contributed by atoms with E-state index < -0.39 is 6.04 Å². The van der Waals surface area contributed by atoms with Gasteiger partial charge in [-0.3, -0.25) is 9.48 Å². The normalized spacial score (nSPS) is 11.6. The maximum absolute atomic E-state index is 11.9. The molecule has 2 aromatic rings. The molecule has 0 aliphatic heterocycles. The number of amides is 1. The minimum absolute atomic E-state index is 0.179. The second-order valence-corrected chi connectivity index (χ2v) is 4.88. The molecule has 108 valence electrons. The minimum atomic E-state index is -0.692. The topological polar surface area (TPSA) is 83.6 Å². The van der Waals surface area contributed by atoms with E-state index in [9.17, 15) is 4.79 Å². The number of halogens is 1. The zero-order valence-electron chi connectivity index (χ0n) is 11.2. The lowest BCUT2D eigenvalue weighted by Crippen LogP contribution is -2.27. The summed E-state index contributed by atoms with van der Waals surface area (Å²) in [6.45, 7) is 0.613. The third-order valence-electron chi connectivity index (χ3n) is 2.87. The Morgan fingerprint density at radius 1 is 1.52 bits per heavy atom. The van der Waals surface area contributed by atoms with E-state index in [0.29, 0.717) is 30.0 Å². The molecule has 7 heteroatoms. The Balaban J connectivity index is 1.84. The van der Waals surface area contributed by atoms with Crippen molar-refractivity contribution in [1.29, 1.82) is 5.26 Å². The summed E-state index contributed by atoms with van der Waals surface area (Å²) in [5, 5.41) is 16.3. The quantitative estimate of drug-likeness (QED) is 0.885. The van der Waals surface area contributed by atoms with Gasteiger partial charge in [0.2, 0.25) is 5.91 Å². The molecule has 0 radical (unpaired) electrons. The van der Waals surface area contributed by atoms with E-state index in [2.05, 4.69) is 21.5 Å². The molecule has 0 aliphatic carbocycles. The molecule has 1 heterocycles. The monoisotopic (exact) mass is 303 g/mol. The number of hydrogen-bond donors (Lipinski definition) is 1. The van der Waals surface area contributed by atoms with Crippen LogP contribution in [0.3, 0.4) is 0 Å². The van der Waals surface area contributed by atoms with Gasteiger partial charge < -0.3 is 5.32 Å². The van der Waals surface area contributed by atoms with Gasteiger partial charge in [0, 0.05) is 18.0 Å². The van der Waals surface area contributed by atoms with Crippen molar-refractivity contribution in [2.24, 2.45) is 0 Å². The van der Waals surface area contributed by atoms with E-state index in [1.54, 1.807) is 35.3 Å². The van der Waals surface area contributed by atoms with Crippen LogP contribution in [0.2, 0.25) is 5.02 Å². The number of carbonyl (C=O) groups excluding carboxylic acids is 1. The summed E-state index contributed by atoms with van der Waals surface area (Å²) in [5.74, 6) is -0.179. The van der Waals surface area contributed by atoms with Crippen LogP contribution in [0.1, 0.15) is 24.4 Å². The van der Waals surface area contributed by atoms with Crippen LogP contribution in [0.5, 0.6) is 0 Å². The summed E-state index contributed by atoms with van der Waals surface area (Å²) in [6, 6.07) is 8.27. The fraction of sp³-hybridized carbons (Fsp3) is 0.286. The number of nitrogens with one attached hydrogen (secondary N) is 1. The highest BCUT2D eigenvalue weighted by atomic mass is 35.5. The summed E-state index contributed by atoms with van der Waals surface area (Å²) in [7, 11) is 0. The Labute approximate surface area is 127 Å². The standard InChI is InChI=1S/C14H14ClN5O/c15-12-4-1-3-11(7-12)13(8-16)19-14(21)5-2-6-20-10-17-9-18-20/h1,3-4,7,9-10,13H,2,5-6H2,(H,19,21)/t13-/m0/s1. The van der Waals surface area contributed by atoms with Gasteiger partial charge >= 0.3 is 0 Å². The summed E-state index contributed by atoms with van der Waals surface area (Å²) < 4.78 is 1.66. The fourth-order valence-corrected chi connectivity index (χ4v) is 2.06. The van der Waals surface area contributed by atoms with Crippen molar-refractivity contribution in [3.05, 3.63) is 47.5 Å². The molecule has 0 fully saturated rings. The third kappa shape index (κ3) is 4.58. The Kier molecular flexibility index (Phi) is 5.29. The van der Waals surface area contributed by atoms with Crippen LogP contribution in [0.4, 0.5) is 0 Å². The van der Waals surface area contributed by atoms with E-state index in [-0.39, 0.29) is 5.91 Å². The lowest BCUT2D eigenvalue weighted by atomic mass is 10.1. The highest BCUT2D eigenvalue weighted by Gasteiger charge is 2.13. The SMILES string of the molecule is N#C[C@H](NC(=O)CCCn1cncn1)c1cccc(Cl)c1. The van der Waals surface area contributed by atoms with Crippen molar-refractivity contribution in [3.63, 3.8) is 0 Å². The highest BCUT2D eigenvalue weighted by Crippen LogP contribution is 2.17. The van der Waals surface area contributed by atoms with Crippen molar-refractivity contribution in [1.82, 2.24) is 20.1 Å². The highest BCUT2D eigenvalue weighted by molar-refractivity contribution is 6.30. The molecule has 1 atom stereocenters. The summed E-state index contributed by atoms with van der Waals surface area (Å²) in [5.41, 5.74) is 0.676. The van der Waals surface area contributed by atoms with Crippen molar-refractivity contribution in [2.45, 2.75) is 25.4 Å². The molecule has 2 rings (SSSR count). The molecule has 6 nitrogen and oxygen atoms in total. The first kappa shape index (κ1) is 15.0. The van der Waals surface area contributed by atoms with Gasteiger partial charge in [0.1, 0.15) is 18.7 Å². The van der Waals surface area contributed by atoms with Crippen LogP contribution in [-0.2, 0) is 11.3 Å². The number of nitriles is 1. The van der Waals surface area contributed by atoms with Crippen molar-refractivity contribution >= 4 is 17.5 Å². The van der Waals surface area contributed by atoms with Crippen LogP contribution in [0, 0.1) is 11.3 Å². The number of rotatable bonds is 6. The van der Waals surface area contributed by atoms with Gasteiger partial charge in [0.25, 0.3) is 0 Å². The van der Waals surface area contributed by atoms with Crippen molar-refractivity contribution in [3.8, 4) is 6.07 Å². The van der Waals surface area contributed by atoms with Gasteiger partial charge in [-0.2, -0.15) is 10.4 Å². The Bertz CT molecular complexity index is 635. The van der Waals surface area contributed by atoms with Crippen molar-refractivity contribution in [2.75, 3.05) is 0 Å². The number of nitrogens with zero attached hydrogens (tertiary/aromatic N) is 4. The van der Waals surface area contributed by atoms with E-state index in [0.717, 1.165) is 0 Å². The third-order valence-corrected chi connectivity index (χ3v) is 3.11. The first-order valence-electron chi connectivity index (χ1n) is 6.46. The molecule has 0 saturated heterocycles. The van der Waals surface area contributed by atoms with Crippen LogP contribution in [0.25, 0.3) is 0 Å². The second kappa shape index (κ2) is 7.41. The van der Waals surface area contributed by atoms with Crippen LogP contribution >= 0.6 is 11.6 Å². The van der Waals surface area contributed by atoms with E-state index in [1.165, 1.54) is 6.33 Å². The maximum Gasteiger partial charge on any atom is 0.221 e. The van der Waals surface area contributed by atoms with Gasteiger partial charge in [-0.25, -0.2) is 4.98 Å². The van der Waals surface area contributed by atoms with Gasteiger partial charge in [0.15, 0.2) is 0 Å². The number of aryl methyl sites for hydroxylation is 1. The molecule has 0 spiro atoms. The molecule has 0 bridgehead atoms. The number of aromatic nitrogens is 3. The second-order valence-electron chi connectivity index (χ2n) is 4.45. The molecule has 1 aromatic heterocycles. The summed E-state index contributed by atoms with van der Waals surface area (Å²) in [4.78, 5) is 15.7. The van der Waals surface area contributed by atoms with Gasteiger partial charge in [-0.1, -0.05) is 23.7 Å². The number of carbonyl (C=O) groups is 1. The largest absolute Gasteiger partial charge is 0.337 e. The molecule has 0 aliphatic rings. The molecule has 1 aromatic carbocycles. The predicted octanol–water partition coefficient (Wildman–Crippen LogP) is 2.09. The Hall–Kier alpha value is -2.39. The molecule has 21 heavy (non-hydrogen) atoms. The Morgan fingerprint density at radius 2 is 2.38 bits per heavy atom. The van der Waals surface area contributed by atoms with Crippen LogP contribution in [-0.4, -0.2) is 20.7 Å². The summed E-state index contributed by atoms with van der Waals surface area (Å²) >= 11 is 5.89. The predicted molar refractivity (Wildman–Crippen MR) is 77.2 cm³/mol. The number of hydrogen-bond acceptors (Lipinski definition) is 4. The van der Waals surface area contributed by atoms with Gasteiger partial charge in [-0.15, -0.1) is 0 Å². The zero-order chi connectivity index (χ0) is 15.1. The lowest BCUT2D eigenvalue weighted by Gasteiger charge is -2.12. The van der Waals surface area contributed by atoms with Crippen LogP contribution < -0.4 is 5.32 Å². The van der Waals surface area contributed by atoms with Gasteiger partial charge in [-0.05, 0) is 24.1 Å². The Morgan fingerprint density at radius 3 is 3.05 bits per heavy atom. The average molecular weight is 304 g/mol. The van der Waals surface area contributed by atoms with E-state index in [4.69, 9.17) is 16.9 Å². The van der Waals surface area contributed by atoms with E-state index >= 15 is 0 Å². The molecule has 1 amide bonds. The maximum atomic E-state index is 11.9. The lowest BCUT2D eigenvalue weighted by molar-refractivity contribution is -0.121. The minimum Gasteiger partial charge on any atom is -0.337 e. The zero-order valence-corrected chi connectivity index (χ0v) is 12.0. The first-order valence-corrected chi connectivity index (χ1v) is 6.83. The van der Waals surface area contributed by atoms with Gasteiger partial charge in [0.05, 0.1) is 6.07 Å². The molecular formula is C14H14ClN5O. The molecule has 0 unspecified atom stereocenters. The van der Waals surface area contributed by atoms with E-state index in [1.807, 2.05) is 0 Å². The van der Waals surface area contributed by atoms with Crippen molar-refractivity contribution < 1.29 is 4.79 Å². The molecular weight excluding hydrogens is 290 g/mol. The smallest absolute Gasteiger partial charge is 0.221 e. The molecule has 0 saturated carbocycles. The summed E-state index contributed by atoms with van der Waals surface area (Å²) in [6.07, 6.45) is 3.99. The fourth-order valence-electron chi connectivity index (χ4n) is 1.86.